The van der Waals surface area contributed by atoms with Crippen LogP contribution in [0.3, 0.4) is 0 Å². The molecule has 0 aliphatic carbocycles. The summed E-state index contributed by atoms with van der Waals surface area (Å²) in [5.74, 6) is 0.570. The van der Waals surface area contributed by atoms with Crippen molar-refractivity contribution in [2.75, 3.05) is 20.8 Å². The highest BCUT2D eigenvalue weighted by atomic mass is 16.5. The molecule has 0 radical (unpaired) electrons. The average Bonchev–Trinajstić information content (AvgIpc) is 2.25. The van der Waals surface area contributed by atoms with Crippen molar-refractivity contribution in [3.63, 3.8) is 0 Å². The number of hydrogen-bond donors (Lipinski definition) is 2. The maximum absolute atomic E-state index is 11.3. The van der Waals surface area contributed by atoms with Gasteiger partial charge in [-0.2, -0.15) is 0 Å². The summed E-state index contributed by atoms with van der Waals surface area (Å²) < 4.78 is 5.30. The zero-order valence-corrected chi connectivity index (χ0v) is 8.33. The van der Waals surface area contributed by atoms with E-state index in [0.29, 0.717) is 18.0 Å². The predicted octanol–water partition coefficient (Wildman–Crippen LogP) is 0.602. The quantitative estimate of drug-likeness (QED) is 0.690. The van der Waals surface area contributed by atoms with Gasteiger partial charge < -0.3 is 10.1 Å². The number of hydrogen-bond acceptors (Lipinski definition) is 3. The molecule has 4 nitrogen and oxygen atoms in total. The summed E-state index contributed by atoms with van der Waals surface area (Å²) in [6, 6.07) is 7.04. The molecule has 1 aromatic rings. The van der Waals surface area contributed by atoms with Crippen LogP contribution < -0.4 is 15.4 Å². The maximum atomic E-state index is 11.3. The smallest absolute Gasteiger partial charge is 0.251 e. The van der Waals surface area contributed by atoms with E-state index in [1.54, 1.807) is 32.3 Å². The van der Waals surface area contributed by atoms with Crippen molar-refractivity contribution in [3.05, 3.63) is 29.8 Å². The third kappa shape index (κ3) is 2.74. The molecule has 0 heterocycles. The number of rotatable bonds is 4. The van der Waals surface area contributed by atoms with Crippen LogP contribution in [-0.4, -0.2) is 26.7 Å². The van der Waals surface area contributed by atoms with Gasteiger partial charge in [0.25, 0.3) is 5.91 Å². The molecule has 0 saturated carbocycles. The predicted molar refractivity (Wildman–Crippen MR) is 54.4 cm³/mol. The molecular formula is C10H14N2O2. The minimum Gasteiger partial charge on any atom is -0.478 e. The SMILES string of the molecule is CNCOc1cccc(C(=O)NC)c1. The summed E-state index contributed by atoms with van der Waals surface area (Å²) >= 11 is 0. The summed E-state index contributed by atoms with van der Waals surface area (Å²) in [6.45, 7) is 0.428. The Balaban J connectivity index is 2.73. The summed E-state index contributed by atoms with van der Waals surface area (Å²) in [6.07, 6.45) is 0. The Bertz CT molecular complexity index is 313. The Labute approximate surface area is 83.3 Å². The van der Waals surface area contributed by atoms with Crippen LogP contribution in [0.4, 0.5) is 0 Å². The normalized spacial score (nSPS) is 9.57. The molecule has 0 aromatic heterocycles. The summed E-state index contributed by atoms with van der Waals surface area (Å²) in [5, 5.41) is 5.41. The van der Waals surface area contributed by atoms with Gasteiger partial charge in [0.05, 0.1) is 0 Å². The first-order chi connectivity index (χ1) is 6.77. The van der Waals surface area contributed by atoms with Crippen molar-refractivity contribution >= 4 is 5.91 Å². The van der Waals surface area contributed by atoms with E-state index in [-0.39, 0.29) is 5.91 Å². The first-order valence-corrected chi connectivity index (χ1v) is 4.37. The molecule has 2 N–H and O–H groups in total. The molecular weight excluding hydrogens is 180 g/mol. The molecule has 0 spiro atoms. The van der Waals surface area contributed by atoms with Crippen LogP contribution in [0.5, 0.6) is 5.75 Å². The molecule has 1 aromatic carbocycles. The highest BCUT2D eigenvalue weighted by molar-refractivity contribution is 5.94. The monoisotopic (exact) mass is 194 g/mol. The Kier molecular flexibility index (Phi) is 3.94. The van der Waals surface area contributed by atoms with Crippen molar-refractivity contribution in [3.8, 4) is 5.75 Å². The van der Waals surface area contributed by atoms with Crippen molar-refractivity contribution in [1.29, 1.82) is 0 Å². The van der Waals surface area contributed by atoms with E-state index >= 15 is 0 Å². The minimum atomic E-state index is -0.111. The Morgan fingerprint density at radius 3 is 2.86 bits per heavy atom. The van der Waals surface area contributed by atoms with Gasteiger partial charge in [0.15, 0.2) is 0 Å². The van der Waals surface area contributed by atoms with Crippen molar-refractivity contribution in [2.24, 2.45) is 0 Å². The fourth-order valence-electron chi connectivity index (χ4n) is 1.03. The van der Waals surface area contributed by atoms with Gasteiger partial charge in [-0.25, -0.2) is 0 Å². The topological polar surface area (TPSA) is 50.4 Å². The molecule has 4 heteroatoms. The van der Waals surface area contributed by atoms with Gasteiger partial charge in [-0.05, 0) is 25.2 Å². The second-order valence-corrected chi connectivity index (χ2v) is 2.75. The molecule has 0 aliphatic rings. The zero-order valence-electron chi connectivity index (χ0n) is 8.33. The standard InChI is InChI=1S/C10H14N2O2/c1-11-7-14-9-5-3-4-8(6-9)10(13)12-2/h3-6,11H,7H2,1-2H3,(H,12,13). The second kappa shape index (κ2) is 5.24. The fourth-order valence-corrected chi connectivity index (χ4v) is 1.03. The first-order valence-electron chi connectivity index (χ1n) is 4.37. The van der Waals surface area contributed by atoms with Gasteiger partial charge in [-0.15, -0.1) is 0 Å². The zero-order chi connectivity index (χ0) is 10.4. The van der Waals surface area contributed by atoms with E-state index in [4.69, 9.17) is 4.74 Å². The fraction of sp³-hybridized carbons (Fsp3) is 0.300. The molecule has 0 unspecified atom stereocenters. The number of carbonyl (C=O) groups is 1. The van der Waals surface area contributed by atoms with Crippen LogP contribution in [0.1, 0.15) is 10.4 Å². The Hall–Kier alpha value is -1.55. The highest BCUT2D eigenvalue weighted by Gasteiger charge is 2.03. The third-order valence-electron chi connectivity index (χ3n) is 1.71. The van der Waals surface area contributed by atoms with Crippen LogP contribution in [-0.2, 0) is 0 Å². The van der Waals surface area contributed by atoms with Crippen LogP contribution in [0, 0.1) is 0 Å². The van der Waals surface area contributed by atoms with Gasteiger partial charge in [0, 0.05) is 12.6 Å². The van der Waals surface area contributed by atoms with Crippen LogP contribution in [0.2, 0.25) is 0 Å². The highest BCUT2D eigenvalue weighted by Crippen LogP contribution is 2.12. The summed E-state index contributed by atoms with van der Waals surface area (Å²) in [7, 11) is 3.39. The van der Waals surface area contributed by atoms with Gasteiger partial charge >= 0.3 is 0 Å². The molecule has 0 bridgehead atoms. The molecule has 0 saturated heterocycles. The summed E-state index contributed by atoms with van der Waals surface area (Å²) in [4.78, 5) is 11.3. The van der Waals surface area contributed by atoms with Crippen molar-refractivity contribution < 1.29 is 9.53 Å². The molecule has 1 rings (SSSR count). The summed E-state index contributed by atoms with van der Waals surface area (Å²) in [5.41, 5.74) is 0.598. The number of amides is 1. The van der Waals surface area contributed by atoms with Crippen LogP contribution in [0.15, 0.2) is 24.3 Å². The van der Waals surface area contributed by atoms with E-state index in [2.05, 4.69) is 10.6 Å². The number of ether oxygens (including phenoxy) is 1. The van der Waals surface area contributed by atoms with Gasteiger partial charge in [0.2, 0.25) is 0 Å². The molecule has 0 aliphatic heterocycles. The molecule has 0 fully saturated rings. The Morgan fingerprint density at radius 1 is 1.43 bits per heavy atom. The van der Waals surface area contributed by atoms with Gasteiger partial charge in [-0.3, -0.25) is 10.1 Å². The lowest BCUT2D eigenvalue weighted by Gasteiger charge is -2.06. The van der Waals surface area contributed by atoms with Crippen LogP contribution >= 0.6 is 0 Å². The first kappa shape index (κ1) is 10.5. The molecule has 0 atom stereocenters. The third-order valence-corrected chi connectivity index (χ3v) is 1.71. The van der Waals surface area contributed by atoms with Crippen molar-refractivity contribution in [1.82, 2.24) is 10.6 Å². The lowest BCUT2D eigenvalue weighted by Crippen LogP contribution is -2.18. The van der Waals surface area contributed by atoms with E-state index in [0.717, 1.165) is 0 Å². The minimum absolute atomic E-state index is 0.111. The van der Waals surface area contributed by atoms with E-state index in [1.807, 2.05) is 6.07 Å². The van der Waals surface area contributed by atoms with Gasteiger partial charge in [-0.1, -0.05) is 6.07 Å². The number of benzene rings is 1. The lowest BCUT2D eigenvalue weighted by atomic mass is 10.2. The number of carbonyl (C=O) groups excluding carboxylic acids is 1. The lowest BCUT2D eigenvalue weighted by molar-refractivity contribution is 0.0962. The Morgan fingerprint density at radius 2 is 2.21 bits per heavy atom. The van der Waals surface area contributed by atoms with Crippen molar-refractivity contribution in [2.45, 2.75) is 0 Å². The van der Waals surface area contributed by atoms with Gasteiger partial charge in [0.1, 0.15) is 12.5 Å². The van der Waals surface area contributed by atoms with E-state index in [9.17, 15) is 4.79 Å². The molecule has 76 valence electrons. The molecule has 14 heavy (non-hydrogen) atoms. The van der Waals surface area contributed by atoms with E-state index in [1.165, 1.54) is 0 Å². The van der Waals surface area contributed by atoms with E-state index < -0.39 is 0 Å². The average molecular weight is 194 g/mol. The maximum Gasteiger partial charge on any atom is 0.251 e. The largest absolute Gasteiger partial charge is 0.478 e. The van der Waals surface area contributed by atoms with Crippen LogP contribution in [0.25, 0.3) is 0 Å². The second-order valence-electron chi connectivity index (χ2n) is 2.75. The molecule has 1 amide bonds. The number of nitrogens with one attached hydrogen (secondary N) is 2.